The Bertz CT molecular complexity index is 352. The maximum absolute atomic E-state index is 12.7. The van der Waals surface area contributed by atoms with Crippen molar-refractivity contribution in [3.05, 3.63) is 0 Å². The Morgan fingerprint density at radius 3 is 1.77 bits per heavy atom. The number of piperidine rings is 1. The molecular weight excluding hydrogens is 437 g/mol. The number of carbonyl (C=O) groups excluding carboxylic acids is 1. The van der Waals surface area contributed by atoms with Crippen LogP contribution in [0.4, 0.5) is 0 Å². The fraction of sp³-hybridized carbons (Fsp3) is 0.955. The minimum absolute atomic E-state index is 0. The van der Waals surface area contributed by atoms with E-state index in [1.807, 2.05) is 0 Å². The second kappa shape index (κ2) is 14.2. The Balaban J connectivity index is 0.00000338. The number of rotatable bonds is 5. The fourth-order valence-corrected chi connectivity index (χ4v) is 4.86. The highest BCUT2D eigenvalue weighted by Gasteiger charge is 2.33. The lowest BCUT2D eigenvalue weighted by atomic mass is 9.99. The predicted molar refractivity (Wildman–Crippen MR) is 105 cm³/mol. The summed E-state index contributed by atoms with van der Waals surface area (Å²) in [4.78, 5) is 12.7. The summed E-state index contributed by atoms with van der Waals surface area (Å²) in [6.07, 6.45) is 19.4. The molecule has 1 aliphatic heterocycles. The van der Waals surface area contributed by atoms with E-state index in [0.717, 1.165) is 30.3 Å². The highest BCUT2D eigenvalue weighted by molar-refractivity contribution is 5.70. The molecule has 0 aromatic carbocycles. The average Bonchev–Trinajstić information content (AvgIpc) is 2.58. The minimum atomic E-state index is 0. The molecule has 154 valence electrons. The van der Waals surface area contributed by atoms with E-state index < -0.39 is 0 Å². The van der Waals surface area contributed by atoms with Crippen LogP contribution in [0.5, 0.6) is 0 Å². The van der Waals surface area contributed by atoms with Crippen molar-refractivity contribution in [2.24, 2.45) is 0 Å². The number of hydrogen-bond donors (Lipinski definition) is 0. The maximum atomic E-state index is 12.7. The molecule has 2 aliphatic rings. The van der Waals surface area contributed by atoms with Gasteiger partial charge in [-0.2, -0.15) is 0 Å². The van der Waals surface area contributed by atoms with Gasteiger partial charge in [0.25, 0.3) is 0 Å². The third kappa shape index (κ3) is 9.38. The predicted octanol–water partition coefficient (Wildman–Crippen LogP) is 2.62. The van der Waals surface area contributed by atoms with Gasteiger partial charge < -0.3 is 33.2 Å². The quantitative estimate of drug-likeness (QED) is 0.344. The number of ether oxygens (including phenoxy) is 1. The summed E-state index contributed by atoms with van der Waals surface area (Å²) < 4.78 is 7.00. The molecule has 1 heterocycles. The van der Waals surface area contributed by atoms with Gasteiger partial charge in [-0.1, -0.05) is 51.9 Å². The summed E-state index contributed by atoms with van der Waals surface area (Å²) in [7, 11) is 0. The van der Waals surface area contributed by atoms with Crippen LogP contribution >= 0.6 is 0 Å². The Morgan fingerprint density at radius 2 is 1.27 bits per heavy atom. The summed E-state index contributed by atoms with van der Waals surface area (Å²) in [6.45, 7) is 6.35. The van der Waals surface area contributed by atoms with Crippen LogP contribution in [0.25, 0.3) is 0 Å². The first-order valence-corrected chi connectivity index (χ1v) is 11.3. The SMILES string of the molecule is CCC[N+]1(CC(=O)OC2CCCCCCCCCCC2)CCCCC1.[I-]. The van der Waals surface area contributed by atoms with Crippen molar-refractivity contribution in [3.8, 4) is 0 Å². The number of likely N-dealkylation sites (tertiary alicyclic amines) is 1. The van der Waals surface area contributed by atoms with Gasteiger partial charge in [-0.3, -0.25) is 0 Å². The van der Waals surface area contributed by atoms with Gasteiger partial charge in [-0.15, -0.1) is 0 Å². The second-order valence-electron chi connectivity index (χ2n) is 8.60. The van der Waals surface area contributed by atoms with Crippen LogP contribution in [0.15, 0.2) is 0 Å². The minimum Gasteiger partial charge on any atom is -1.00 e. The first-order chi connectivity index (χ1) is 12.2. The molecule has 1 aliphatic carbocycles. The van der Waals surface area contributed by atoms with Crippen molar-refractivity contribution < 1.29 is 38.0 Å². The van der Waals surface area contributed by atoms with Gasteiger partial charge in [-0.25, -0.2) is 4.79 Å². The Morgan fingerprint density at radius 1 is 0.808 bits per heavy atom. The first kappa shape index (κ1) is 24.2. The van der Waals surface area contributed by atoms with E-state index in [9.17, 15) is 4.79 Å². The van der Waals surface area contributed by atoms with Crippen molar-refractivity contribution in [2.75, 3.05) is 26.2 Å². The second-order valence-corrected chi connectivity index (χ2v) is 8.60. The maximum Gasteiger partial charge on any atom is 0.362 e. The Kier molecular flexibility index (Phi) is 13.2. The first-order valence-electron chi connectivity index (χ1n) is 11.3. The van der Waals surface area contributed by atoms with Crippen LogP contribution in [0.2, 0.25) is 0 Å². The molecule has 1 saturated heterocycles. The summed E-state index contributed by atoms with van der Waals surface area (Å²) in [6, 6.07) is 0. The molecule has 0 aromatic rings. The Hall–Kier alpha value is 0.160. The van der Waals surface area contributed by atoms with Crippen molar-refractivity contribution in [3.63, 3.8) is 0 Å². The Labute approximate surface area is 179 Å². The topological polar surface area (TPSA) is 26.3 Å². The van der Waals surface area contributed by atoms with Gasteiger partial charge in [0.2, 0.25) is 0 Å². The number of nitrogens with zero attached hydrogens (tertiary/aromatic N) is 1. The summed E-state index contributed by atoms with van der Waals surface area (Å²) >= 11 is 0. The van der Waals surface area contributed by atoms with Gasteiger partial charge >= 0.3 is 5.97 Å². The highest BCUT2D eigenvalue weighted by atomic mass is 127. The number of quaternary nitrogens is 1. The van der Waals surface area contributed by atoms with Crippen molar-refractivity contribution in [1.29, 1.82) is 0 Å². The number of carbonyl (C=O) groups is 1. The third-order valence-corrected chi connectivity index (χ3v) is 6.28. The van der Waals surface area contributed by atoms with Crippen LogP contribution in [0, 0.1) is 0 Å². The van der Waals surface area contributed by atoms with Gasteiger partial charge in [0, 0.05) is 0 Å². The number of esters is 1. The van der Waals surface area contributed by atoms with E-state index >= 15 is 0 Å². The molecule has 0 aromatic heterocycles. The van der Waals surface area contributed by atoms with Crippen molar-refractivity contribution >= 4 is 5.97 Å². The summed E-state index contributed by atoms with van der Waals surface area (Å²) in [5, 5.41) is 0. The molecule has 0 radical (unpaired) electrons. The van der Waals surface area contributed by atoms with Crippen LogP contribution in [-0.4, -0.2) is 42.7 Å². The van der Waals surface area contributed by atoms with Crippen LogP contribution < -0.4 is 24.0 Å². The molecule has 4 heteroatoms. The van der Waals surface area contributed by atoms with Crippen molar-refractivity contribution in [1.82, 2.24) is 0 Å². The molecular formula is C22H42INO2. The van der Waals surface area contributed by atoms with Gasteiger partial charge in [0.1, 0.15) is 6.10 Å². The largest absolute Gasteiger partial charge is 1.00 e. The molecule has 0 amide bonds. The molecule has 3 nitrogen and oxygen atoms in total. The highest BCUT2D eigenvalue weighted by Crippen LogP contribution is 2.22. The van der Waals surface area contributed by atoms with E-state index in [1.54, 1.807) is 0 Å². The monoisotopic (exact) mass is 479 g/mol. The zero-order valence-electron chi connectivity index (χ0n) is 17.2. The molecule has 0 unspecified atom stereocenters. The summed E-state index contributed by atoms with van der Waals surface area (Å²) in [5.41, 5.74) is 0. The lowest BCUT2D eigenvalue weighted by Crippen LogP contribution is -3.00. The van der Waals surface area contributed by atoms with Crippen LogP contribution in [0.1, 0.15) is 103 Å². The molecule has 26 heavy (non-hydrogen) atoms. The van der Waals surface area contributed by atoms with E-state index in [-0.39, 0.29) is 36.0 Å². The van der Waals surface area contributed by atoms with E-state index in [0.29, 0.717) is 6.54 Å². The zero-order valence-corrected chi connectivity index (χ0v) is 19.3. The van der Waals surface area contributed by atoms with E-state index in [1.165, 1.54) is 90.1 Å². The molecule has 2 fully saturated rings. The van der Waals surface area contributed by atoms with Gasteiger partial charge in [0.05, 0.1) is 19.6 Å². The molecule has 0 atom stereocenters. The van der Waals surface area contributed by atoms with Crippen LogP contribution in [0.3, 0.4) is 0 Å². The standard InChI is InChI=1S/C22H42NO2.HI/c1-2-17-23(18-13-10-14-19-23)20-22(24)25-21-15-11-8-6-4-3-5-7-9-12-16-21;/h21H,2-20H2,1H3;1H/q+1;/p-1. The zero-order chi connectivity index (χ0) is 17.8. The molecule has 2 rings (SSSR count). The van der Waals surface area contributed by atoms with Crippen molar-refractivity contribution in [2.45, 2.75) is 109 Å². The van der Waals surface area contributed by atoms with Gasteiger partial charge in [-0.05, 0) is 51.4 Å². The molecule has 0 spiro atoms. The smallest absolute Gasteiger partial charge is 0.362 e. The lowest BCUT2D eigenvalue weighted by Gasteiger charge is -2.40. The average molecular weight is 479 g/mol. The molecule has 0 N–H and O–H groups in total. The fourth-order valence-electron chi connectivity index (χ4n) is 4.86. The number of hydrogen-bond acceptors (Lipinski definition) is 2. The van der Waals surface area contributed by atoms with E-state index in [4.69, 9.17) is 4.74 Å². The number of halogens is 1. The lowest BCUT2D eigenvalue weighted by molar-refractivity contribution is -0.925. The third-order valence-electron chi connectivity index (χ3n) is 6.28. The van der Waals surface area contributed by atoms with Gasteiger partial charge in [0.15, 0.2) is 6.54 Å². The normalized spacial score (nSPS) is 23.1. The summed E-state index contributed by atoms with van der Waals surface area (Å²) in [5.74, 6) is 0.0763. The molecule has 1 saturated carbocycles. The molecule has 0 bridgehead atoms. The van der Waals surface area contributed by atoms with E-state index in [2.05, 4.69) is 6.92 Å². The van der Waals surface area contributed by atoms with Crippen LogP contribution in [-0.2, 0) is 9.53 Å².